The summed E-state index contributed by atoms with van der Waals surface area (Å²) in [6, 6.07) is 8.85. The molecule has 120 valence electrons. The molecule has 1 aliphatic rings. The lowest BCUT2D eigenvalue weighted by atomic mass is 9.87. The fourth-order valence-electron chi connectivity index (χ4n) is 2.71. The van der Waals surface area contributed by atoms with Crippen molar-refractivity contribution >= 4 is 12.4 Å². The summed E-state index contributed by atoms with van der Waals surface area (Å²) < 4.78 is 5.83. The van der Waals surface area contributed by atoms with E-state index in [1.54, 1.807) is 0 Å². The van der Waals surface area contributed by atoms with Gasteiger partial charge in [-0.15, -0.1) is 12.4 Å². The maximum absolute atomic E-state index is 5.83. The van der Waals surface area contributed by atoms with Gasteiger partial charge in [0.1, 0.15) is 0 Å². The Hall–Kier alpha value is -0.570. The van der Waals surface area contributed by atoms with Gasteiger partial charge in [-0.25, -0.2) is 0 Å². The predicted molar refractivity (Wildman–Crippen MR) is 92.3 cm³/mol. The first-order valence-corrected chi connectivity index (χ1v) is 7.93. The summed E-state index contributed by atoms with van der Waals surface area (Å²) in [4.78, 5) is 0. The monoisotopic (exact) mass is 311 g/mol. The third-order valence-corrected chi connectivity index (χ3v) is 4.22. The van der Waals surface area contributed by atoms with Crippen molar-refractivity contribution in [3.05, 3.63) is 35.4 Å². The summed E-state index contributed by atoms with van der Waals surface area (Å²) >= 11 is 0. The van der Waals surface area contributed by atoms with Crippen LogP contribution in [0.5, 0.6) is 0 Å². The maximum Gasteiger partial charge on any atom is 0.0716 e. The van der Waals surface area contributed by atoms with E-state index in [2.05, 4.69) is 50.4 Å². The van der Waals surface area contributed by atoms with Crippen molar-refractivity contribution in [2.75, 3.05) is 19.7 Å². The van der Waals surface area contributed by atoms with Gasteiger partial charge in [0.05, 0.1) is 6.61 Å². The van der Waals surface area contributed by atoms with Crippen molar-refractivity contribution in [1.29, 1.82) is 0 Å². The molecular weight excluding hydrogens is 282 g/mol. The largest absolute Gasteiger partial charge is 0.377 e. The first kappa shape index (κ1) is 18.5. The van der Waals surface area contributed by atoms with E-state index >= 15 is 0 Å². The SMILES string of the molecule is CC(C)(C)c1ccc(COCCC2CCNCC2)cc1.Cl. The topological polar surface area (TPSA) is 21.3 Å². The summed E-state index contributed by atoms with van der Waals surface area (Å²) in [6.45, 7) is 10.7. The number of hydrogen-bond donors (Lipinski definition) is 1. The van der Waals surface area contributed by atoms with Gasteiger partial charge in [-0.3, -0.25) is 0 Å². The average molecular weight is 312 g/mol. The molecule has 21 heavy (non-hydrogen) atoms. The Labute approximate surface area is 136 Å². The average Bonchev–Trinajstić information content (AvgIpc) is 2.44. The minimum absolute atomic E-state index is 0. The molecule has 2 nitrogen and oxygen atoms in total. The lowest BCUT2D eigenvalue weighted by molar-refractivity contribution is 0.103. The van der Waals surface area contributed by atoms with Crippen LogP contribution in [0, 0.1) is 5.92 Å². The first-order valence-electron chi connectivity index (χ1n) is 7.93. The van der Waals surface area contributed by atoms with Crippen molar-refractivity contribution in [2.45, 2.75) is 52.1 Å². The summed E-state index contributed by atoms with van der Waals surface area (Å²) in [6.07, 6.45) is 3.83. The Kier molecular flexibility index (Phi) is 7.72. The fourth-order valence-corrected chi connectivity index (χ4v) is 2.71. The van der Waals surface area contributed by atoms with Crippen LogP contribution >= 0.6 is 12.4 Å². The Bertz CT molecular complexity index is 391. The number of hydrogen-bond acceptors (Lipinski definition) is 2. The Morgan fingerprint density at radius 2 is 1.71 bits per heavy atom. The van der Waals surface area contributed by atoms with Gasteiger partial charge in [0.25, 0.3) is 0 Å². The number of halogens is 1. The Morgan fingerprint density at radius 3 is 2.29 bits per heavy atom. The zero-order valence-electron chi connectivity index (χ0n) is 13.7. The highest BCUT2D eigenvalue weighted by molar-refractivity contribution is 5.85. The van der Waals surface area contributed by atoms with Crippen LogP contribution in [-0.4, -0.2) is 19.7 Å². The van der Waals surface area contributed by atoms with Crippen LogP contribution in [0.4, 0.5) is 0 Å². The van der Waals surface area contributed by atoms with Crippen LogP contribution in [0.1, 0.15) is 51.2 Å². The van der Waals surface area contributed by atoms with Crippen molar-refractivity contribution in [2.24, 2.45) is 5.92 Å². The summed E-state index contributed by atoms with van der Waals surface area (Å²) in [7, 11) is 0. The van der Waals surface area contributed by atoms with Crippen LogP contribution in [0.3, 0.4) is 0 Å². The Morgan fingerprint density at radius 1 is 1.10 bits per heavy atom. The molecule has 0 amide bonds. The number of nitrogens with one attached hydrogen (secondary N) is 1. The molecule has 1 aliphatic heterocycles. The van der Waals surface area contributed by atoms with Gasteiger partial charge in [-0.2, -0.15) is 0 Å². The molecule has 0 atom stereocenters. The van der Waals surface area contributed by atoms with Crippen LogP contribution in [0.2, 0.25) is 0 Å². The molecule has 0 spiro atoms. The van der Waals surface area contributed by atoms with Crippen molar-refractivity contribution in [3.8, 4) is 0 Å². The van der Waals surface area contributed by atoms with E-state index in [4.69, 9.17) is 4.74 Å². The lowest BCUT2D eigenvalue weighted by Crippen LogP contribution is -2.28. The molecule has 0 unspecified atom stereocenters. The minimum Gasteiger partial charge on any atom is -0.377 e. The van der Waals surface area contributed by atoms with Crippen molar-refractivity contribution < 1.29 is 4.74 Å². The van der Waals surface area contributed by atoms with Crippen LogP contribution in [0.15, 0.2) is 24.3 Å². The van der Waals surface area contributed by atoms with E-state index in [0.29, 0.717) is 0 Å². The zero-order valence-corrected chi connectivity index (χ0v) is 14.5. The van der Waals surface area contributed by atoms with Crippen LogP contribution in [0.25, 0.3) is 0 Å². The molecular formula is C18H30ClNO. The lowest BCUT2D eigenvalue weighted by Gasteiger charge is -2.22. The predicted octanol–water partition coefficient (Wildman–Crippen LogP) is 4.31. The number of ether oxygens (including phenoxy) is 1. The van der Waals surface area contributed by atoms with E-state index in [1.165, 1.54) is 43.5 Å². The zero-order chi connectivity index (χ0) is 14.4. The highest BCUT2D eigenvalue weighted by Gasteiger charge is 2.13. The molecule has 0 aromatic heterocycles. The Balaban J connectivity index is 0.00000220. The van der Waals surface area contributed by atoms with Crippen molar-refractivity contribution in [3.63, 3.8) is 0 Å². The van der Waals surface area contributed by atoms with Gasteiger partial charge in [0.2, 0.25) is 0 Å². The number of rotatable bonds is 5. The maximum atomic E-state index is 5.83. The van der Waals surface area contributed by atoms with Gasteiger partial charge in [-0.1, -0.05) is 45.0 Å². The van der Waals surface area contributed by atoms with E-state index in [9.17, 15) is 0 Å². The second-order valence-corrected chi connectivity index (χ2v) is 6.98. The number of piperidine rings is 1. The molecule has 1 fully saturated rings. The second kappa shape index (κ2) is 8.77. The molecule has 1 heterocycles. The minimum atomic E-state index is 0. The highest BCUT2D eigenvalue weighted by atomic mass is 35.5. The van der Waals surface area contributed by atoms with Gasteiger partial charge < -0.3 is 10.1 Å². The molecule has 0 radical (unpaired) electrons. The third-order valence-electron chi connectivity index (χ3n) is 4.22. The van der Waals surface area contributed by atoms with Gasteiger partial charge in [0.15, 0.2) is 0 Å². The highest BCUT2D eigenvalue weighted by Crippen LogP contribution is 2.22. The molecule has 0 saturated carbocycles. The third kappa shape index (κ3) is 6.37. The van der Waals surface area contributed by atoms with E-state index in [1.807, 2.05) is 0 Å². The fraction of sp³-hybridized carbons (Fsp3) is 0.667. The van der Waals surface area contributed by atoms with Crippen molar-refractivity contribution in [1.82, 2.24) is 5.32 Å². The number of benzene rings is 1. The standard InChI is InChI=1S/C18H29NO.ClH/c1-18(2,3)17-6-4-16(5-7-17)14-20-13-10-15-8-11-19-12-9-15;/h4-7,15,19H,8-14H2,1-3H3;1H. The van der Waals surface area contributed by atoms with Gasteiger partial charge >= 0.3 is 0 Å². The quantitative estimate of drug-likeness (QED) is 0.818. The molecule has 1 N–H and O–H groups in total. The van der Waals surface area contributed by atoms with Gasteiger partial charge in [0, 0.05) is 6.61 Å². The summed E-state index contributed by atoms with van der Waals surface area (Å²) in [5, 5.41) is 3.41. The molecule has 0 aliphatic carbocycles. The van der Waals surface area contributed by atoms with Gasteiger partial charge in [-0.05, 0) is 54.8 Å². The summed E-state index contributed by atoms with van der Waals surface area (Å²) in [5.74, 6) is 0.861. The first-order chi connectivity index (χ1) is 9.55. The van der Waals surface area contributed by atoms with Crippen LogP contribution in [-0.2, 0) is 16.8 Å². The van der Waals surface area contributed by atoms with E-state index in [0.717, 1.165) is 19.1 Å². The molecule has 3 heteroatoms. The molecule has 1 saturated heterocycles. The van der Waals surface area contributed by atoms with E-state index < -0.39 is 0 Å². The molecule has 2 rings (SSSR count). The molecule has 0 bridgehead atoms. The normalized spacial score (nSPS) is 16.5. The summed E-state index contributed by atoms with van der Waals surface area (Å²) in [5.41, 5.74) is 2.90. The molecule has 1 aromatic carbocycles. The van der Waals surface area contributed by atoms with Crippen LogP contribution < -0.4 is 5.32 Å². The van der Waals surface area contributed by atoms with E-state index in [-0.39, 0.29) is 17.8 Å². The molecule has 1 aromatic rings. The second-order valence-electron chi connectivity index (χ2n) is 6.98. The smallest absolute Gasteiger partial charge is 0.0716 e.